The molecule has 0 spiro atoms. The van der Waals surface area contributed by atoms with E-state index in [1.54, 1.807) is 0 Å². The summed E-state index contributed by atoms with van der Waals surface area (Å²) in [4.78, 5) is 23.5. The molecule has 1 amide bonds. The molecule has 0 aromatic heterocycles. The van der Waals surface area contributed by atoms with Crippen LogP contribution in [0.15, 0.2) is 0 Å². The van der Waals surface area contributed by atoms with Crippen LogP contribution in [0.1, 0.15) is 59.3 Å². The number of amides is 1. The molecule has 0 aromatic rings. The van der Waals surface area contributed by atoms with Gasteiger partial charge in [0.1, 0.15) is 0 Å². The molecule has 0 saturated heterocycles. The Morgan fingerprint density at radius 2 is 2.05 bits per heavy atom. The first-order valence-corrected chi connectivity index (χ1v) is 8.26. The van der Waals surface area contributed by atoms with Gasteiger partial charge in [0.05, 0.1) is 12.5 Å². The Bertz CT molecular complexity index is 333. The average Bonchev–Trinajstić information content (AvgIpc) is 2.47. The van der Waals surface area contributed by atoms with E-state index in [1.165, 1.54) is 0 Å². The van der Waals surface area contributed by atoms with Crippen LogP contribution in [0.25, 0.3) is 0 Å². The van der Waals surface area contributed by atoms with Gasteiger partial charge in [-0.05, 0) is 39.5 Å². The zero-order valence-electron chi connectivity index (χ0n) is 13.6. The van der Waals surface area contributed by atoms with Crippen LogP contribution in [0.2, 0.25) is 0 Å². The molecule has 1 saturated carbocycles. The highest BCUT2D eigenvalue weighted by atomic mass is 16.5. The fourth-order valence-electron chi connectivity index (χ4n) is 2.69. The quantitative estimate of drug-likeness (QED) is 0.673. The summed E-state index contributed by atoms with van der Waals surface area (Å²) in [5.74, 6) is 0.0401. The SMILES string of the molecule is CCOC(=O)C1CCCC(NCCC(=O)NC(C)CC)C1. The van der Waals surface area contributed by atoms with Gasteiger partial charge < -0.3 is 15.4 Å². The second-order valence-corrected chi connectivity index (χ2v) is 5.89. The summed E-state index contributed by atoms with van der Waals surface area (Å²) < 4.78 is 5.10. The first kappa shape index (κ1) is 18.0. The molecular weight excluding hydrogens is 268 g/mol. The largest absolute Gasteiger partial charge is 0.466 e. The minimum atomic E-state index is -0.0708. The first-order chi connectivity index (χ1) is 10.1. The van der Waals surface area contributed by atoms with Crippen LogP contribution in [0.3, 0.4) is 0 Å². The molecule has 1 aliphatic carbocycles. The summed E-state index contributed by atoms with van der Waals surface area (Å²) in [5, 5.41) is 6.36. The van der Waals surface area contributed by atoms with Crippen molar-refractivity contribution >= 4 is 11.9 Å². The van der Waals surface area contributed by atoms with Crippen molar-refractivity contribution in [3.8, 4) is 0 Å². The van der Waals surface area contributed by atoms with Gasteiger partial charge in [-0.25, -0.2) is 0 Å². The fourth-order valence-corrected chi connectivity index (χ4v) is 2.69. The Balaban J connectivity index is 2.22. The van der Waals surface area contributed by atoms with Crippen molar-refractivity contribution in [2.45, 2.75) is 71.4 Å². The van der Waals surface area contributed by atoms with Gasteiger partial charge in [0.25, 0.3) is 0 Å². The summed E-state index contributed by atoms with van der Waals surface area (Å²) in [5.41, 5.74) is 0. The van der Waals surface area contributed by atoms with Gasteiger partial charge in [-0.2, -0.15) is 0 Å². The summed E-state index contributed by atoms with van der Waals surface area (Å²) in [6, 6.07) is 0.560. The number of hydrogen-bond donors (Lipinski definition) is 2. The maximum absolute atomic E-state index is 11.8. The highest BCUT2D eigenvalue weighted by molar-refractivity contribution is 5.76. The van der Waals surface area contributed by atoms with Gasteiger partial charge in [0, 0.05) is 25.0 Å². The lowest BCUT2D eigenvalue weighted by molar-refractivity contribution is -0.149. The number of ether oxygens (including phenoxy) is 1. The third kappa shape index (κ3) is 6.93. The lowest BCUT2D eigenvalue weighted by Gasteiger charge is -2.28. The second-order valence-electron chi connectivity index (χ2n) is 5.89. The summed E-state index contributed by atoms with van der Waals surface area (Å²) in [6.45, 7) is 7.02. The summed E-state index contributed by atoms with van der Waals surface area (Å²) >= 11 is 0. The molecule has 3 unspecified atom stereocenters. The van der Waals surface area contributed by atoms with Crippen molar-refractivity contribution in [1.82, 2.24) is 10.6 Å². The van der Waals surface area contributed by atoms with Crippen molar-refractivity contribution < 1.29 is 14.3 Å². The third-order valence-corrected chi connectivity index (χ3v) is 4.10. The predicted molar refractivity (Wildman–Crippen MR) is 82.9 cm³/mol. The maximum atomic E-state index is 11.8. The molecule has 0 aliphatic heterocycles. The van der Waals surface area contributed by atoms with E-state index in [2.05, 4.69) is 17.6 Å². The van der Waals surface area contributed by atoms with Crippen LogP contribution in [0.4, 0.5) is 0 Å². The molecule has 5 nitrogen and oxygen atoms in total. The van der Waals surface area contributed by atoms with Crippen LogP contribution in [0, 0.1) is 5.92 Å². The lowest BCUT2D eigenvalue weighted by atomic mass is 9.85. The molecule has 1 fully saturated rings. The fraction of sp³-hybridized carbons (Fsp3) is 0.875. The zero-order chi connectivity index (χ0) is 15.7. The predicted octanol–water partition coefficient (Wildman–Crippen LogP) is 2.00. The van der Waals surface area contributed by atoms with Gasteiger partial charge in [-0.3, -0.25) is 9.59 Å². The maximum Gasteiger partial charge on any atom is 0.308 e. The number of carbonyl (C=O) groups is 2. The van der Waals surface area contributed by atoms with E-state index in [4.69, 9.17) is 4.74 Å². The monoisotopic (exact) mass is 298 g/mol. The lowest BCUT2D eigenvalue weighted by Crippen LogP contribution is -2.39. The van der Waals surface area contributed by atoms with Crippen LogP contribution < -0.4 is 10.6 Å². The Kier molecular flexibility index (Phi) is 8.35. The first-order valence-electron chi connectivity index (χ1n) is 8.26. The van der Waals surface area contributed by atoms with Crippen LogP contribution in [-0.4, -0.2) is 37.1 Å². The Morgan fingerprint density at radius 1 is 1.29 bits per heavy atom. The van der Waals surface area contributed by atoms with E-state index in [0.29, 0.717) is 25.6 Å². The van der Waals surface area contributed by atoms with E-state index in [1.807, 2.05) is 13.8 Å². The van der Waals surface area contributed by atoms with Gasteiger partial charge in [0.15, 0.2) is 0 Å². The van der Waals surface area contributed by atoms with Gasteiger partial charge >= 0.3 is 5.97 Å². The van der Waals surface area contributed by atoms with E-state index < -0.39 is 0 Å². The average molecular weight is 298 g/mol. The van der Waals surface area contributed by atoms with Gasteiger partial charge in [-0.1, -0.05) is 13.3 Å². The van der Waals surface area contributed by atoms with Crippen molar-refractivity contribution in [3.05, 3.63) is 0 Å². The standard InChI is InChI=1S/C16H30N2O3/c1-4-12(3)18-15(19)9-10-17-14-8-6-7-13(11-14)16(20)21-5-2/h12-14,17H,4-11H2,1-3H3,(H,18,19). The van der Waals surface area contributed by atoms with Crippen molar-refractivity contribution in [2.75, 3.05) is 13.2 Å². The smallest absolute Gasteiger partial charge is 0.308 e. The molecule has 0 bridgehead atoms. The zero-order valence-corrected chi connectivity index (χ0v) is 13.6. The molecule has 3 atom stereocenters. The number of hydrogen-bond acceptors (Lipinski definition) is 4. The van der Waals surface area contributed by atoms with Crippen molar-refractivity contribution in [1.29, 1.82) is 0 Å². The Labute approximate surface area is 128 Å². The highest BCUT2D eigenvalue weighted by Crippen LogP contribution is 2.25. The van der Waals surface area contributed by atoms with E-state index in [-0.39, 0.29) is 23.8 Å². The van der Waals surface area contributed by atoms with Gasteiger partial charge in [0.2, 0.25) is 5.91 Å². The molecule has 0 aromatic carbocycles. The molecule has 21 heavy (non-hydrogen) atoms. The number of nitrogens with one attached hydrogen (secondary N) is 2. The molecule has 2 N–H and O–H groups in total. The Morgan fingerprint density at radius 3 is 2.71 bits per heavy atom. The topological polar surface area (TPSA) is 67.4 Å². The van der Waals surface area contributed by atoms with E-state index in [9.17, 15) is 9.59 Å². The molecule has 0 radical (unpaired) electrons. The van der Waals surface area contributed by atoms with E-state index >= 15 is 0 Å². The van der Waals surface area contributed by atoms with Crippen molar-refractivity contribution in [2.24, 2.45) is 5.92 Å². The van der Waals surface area contributed by atoms with Crippen molar-refractivity contribution in [3.63, 3.8) is 0 Å². The van der Waals surface area contributed by atoms with Gasteiger partial charge in [-0.15, -0.1) is 0 Å². The minimum Gasteiger partial charge on any atom is -0.466 e. The normalized spacial score (nSPS) is 23.4. The molecule has 5 heteroatoms. The summed E-state index contributed by atoms with van der Waals surface area (Å²) in [6.07, 6.45) is 5.30. The summed E-state index contributed by atoms with van der Waals surface area (Å²) in [7, 11) is 0. The second kappa shape index (κ2) is 9.77. The minimum absolute atomic E-state index is 0.0186. The highest BCUT2D eigenvalue weighted by Gasteiger charge is 2.27. The van der Waals surface area contributed by atoms with Crippen LogP contribution >= 0.6 is 0 Å². The molecule has 0 heterocycles. The molecular formula is C16H30N2O3. The van der Waals surface area contributed by atoms with Crippen LogP contribution in [-0.2, 0) is 14.3 Å². The Hall–Kier alpha value is -1.10. The van der Waals surface area contributed by atoms with Crippen LogP contribution in [0.5, 0.6) is 0 Å². The number of carbonyl (C=O) groups excluding carboxylic acids is 2. The van der Waals surface area contributed by atoms with E-state index in [0.717, 1.165) is 32.1 Å². The molecule has 122 valence electrons. The number of rotatable bonds is 8. The third-order valence-electron chi connectivity index (χ3n) is 4.10. The molecule has 1 rings (SSSR count). The molecule has 1 aliphatic rings. The number of esters is 1.